The maximum Gasteiger partial charge on any atom is 0.345 e. The van der Waals surface area contributed by atoms with Crippen LogP contribution in [0.2, 0.25) is 0 Å². The van der Waals surface area contributed by atoms with Gasteiger partial charge in [-0.15, -0.1) is 0 Å². The molecular weight excluding hydrogens is 430 g/mol. The molecule has 0 bridgehead atoms. The monoisotopic (exact) mass is 459 g/mol. The summed E-state index contributed by atoms with van der Waals surface area (Å²) in [5, 5.41) is 10.6. The summed E-state index contributed by atoms with van der Waals surface area (Å²) >= 11 is 3.32. The van der Waals surface area contributed by atoms with Gasteiger partial charge < -0.3 is 9.84 Å². The number of hydrogen-bond donors (Lipinski definition) is 1. The van der Waals surface area contributed by atoms with E-state index in [0.717, 1.165) is 12.0 Å². The van der Waals surface area contributed by atoms with Crippen molar-refractivity contribution in [3.63, 3.8) is 0 Å². The quantitative estimate of drug-likeness (QED) is 0.289. The van der Waals surface area contributed by atoms with E-state index >= 15 is 0 Å². The Kier molecular flexibility index (Phi) is 7.47. The zero-order valence-electron chi connectivity index (χ0n) is 17.2. The van der Waals surface area contributed by atoms with Gasteiger partial charge in [0.2, 0.25) is 0 Å². The molecule has 1 fully saturated rings. The number of esters is 1. The van der Waals surface area contributed by atoms with Crippen molar-refractivity contribution in [3.8, 4) is 0 Å². The first-order valence-electron chi connectivity index (χ1n) is 10.3. The average Bonchev–Trinajstić information content (AvgIpc) is 2.72. The Morgan fingerprint density at radius 2 is 2.14 bits per heavy atom. The highest BCUT2D eigenvalue weighted by atomic mass is 79.9. The third-order valence-corrected chi connectivity index (χ3v) is 7.03. The Balaban J connectivity index is 1.64. The first kappa shape index (κ1) is 22.0. The largest absolute Gasteiger partial charge is 0.457 e. The molecule has 2 aliphatic carbocycles. The SMILES string of the molecule is C[C@@H]1[C@@H](O)[C@H](C)C[C@@H]2C=C[C@H](C)[C@H](/C=C/C=C(\Br)C(=O)OCc3cccnc3)[C@@H]12. The van der Waals surface area contributed by atoms with Gasteiger partial charge in [0.05, 0.1) is 6.10 Å². The molecule has 1 heterocycles. The van der Waals surface area contributed by atoms with Crippen LogP contribution in [0.25, 0.3) is 0 Å². The van der Waals surface area contributed by atoms with Crippen molar-refractivity contribution in [2.45, 2.75) is 39.9 Å². The maximum absolute atomic E-state index is 12.2. The fraction of sp³-hybridized carbons (Fsp3) is 0.500. The molecule has 3 rings (SSSR count). The Morgan fingerprint density at radius 1 is 1.34 bits per heavy atom. The summed E-state index contributed by atoms with van der Waals surface area (Å²) in [5.74, 6) is 1.85. The van der Waals surface area contributed by atoms with Crippen molar-refractivity contribution >= 4 is 21.9 Å². The van der Waals surface area contributed by atoms with Crippen LogP contribution in [0.1, 0.15) is 32.8 Å². The van der Waals surface area contributed by atoms with Crippen LogP contribution in [0.5, 0.6) is 0 Å². The van der Waals surface area contributed by atoms with Crippen LogP contribution in [-0.2, 0) is 16.1 Å². The van der Waals surface area contributed by atoms with Crippen LogP contribution in [-0.4, -0.2) is 22.2 Å². The highest BCUT2D eigenvalue weighted by molar-refractivity contribution is 9.12. The normalized spacial score (nSPS) is 34.8. The van der Waals surface area contributed by atoms with E-state index in [1.807, 2.05) is 18.2 Å². The second-order valence-corrected chi connectivity index (χ2v) is 9.32. The lowest BCUT2D eigenvalue weighted by Gasteiger charge is -2.48. The zero-order chi connectivity index (χ0) is 21.0. The first-order valence-corrected chi connectivity index (χ1v) is 11.1. The highest BCUT2D eigenvalue weighted by Gasteiger charge is 2.44. The van der Waals surface area contributed by atoms with Crippen LogP contribution in [0.4, 0.5) is 0 Å². The minimum absolute atomic E-state index is 0.196. The maximum atomic E-state index is 12.2. The van der Waals surface area contributed by atoms with Crippen molar-refractivity contribution in [2.75, 3.05) is 0 Å². The van der Waals surface area contributed by atoms with Crippen molar-refractivity contribution in [2.24, 2.45) is 35.5 Å². The van der Waals surface area contributed by atoms with Gasteiger partial charge in [-0.05, 0) is 70.0 Å². The summed E-state index contributed by atoms with van der Waals surface area (Å²) in [5.41, 5.74) is 0.852. The van der Waals surface area contributed by atoms with Crippen molar-refractivity contribution in [3.05, 3.63) is 65.0 Å². The molecule has 0 aromatic carbocycles. The summed E-state index contributed by atoms with van der Waals surface area (Å²) in [6, 6.07) is 3.68. The number of aliphatic hydroxyl groups excluding tert-OH is 1. The van der Waals surface area contributed by atoms with E-state index in [9.17, 15) is 9.90 Å². The summed E-state index contributed by atoms with van der Waals surface area (Å²) in [6.45, 7) is 6.73. The van der Waals surface area contributed by atoms with Crippen molar-refractivity contribution in [1.82, 2.24) is 4.98 Å². The number of aromatic nitrogens is 1. The molecule has 0 radical (unpaired) electrons. The average molecular weight is 460 g/mol. The predicted molar refractivity (Wildman–Crippen MR) is 118 cm³/mol. The lowest BCUT2D eigenvalue weighted by atomic mass is 9.58. The number of halogens is 1. The Hall–Kier alpha value is -1.72. The minimum Gasteiger partial charge on any atom is -0.457 e. The molecule has 1 N–H and O–H groups in total. The van der Waals surface area contributed by atoms with Gasteiger partial charge in [0.1, 0.15) is 11.1 Å². The summed E-state index contributed by atoms with van der Waals surface area (Å²) in [4.78, 5) is 16.2. The van der Waals surface area contributed by atoms with E-state index in [4.69, 9.17) is 4.74 Å². The minimum atomic E-state index is -0.400. The van der Waals surface area contributed by atoms with Gasteiger partial charge in [-0.1, -0.05) is 51.1 Å². The number of hydrogen-bond acceptors (Lipinski definition) is 4. The van der Waals surface area contributed by atoms with Crippen LogP contribution >= 0.6 is 15.9 Å². The third kappa shape index (κ3) is 5.26. The number of pyridine rings is 1. The van der Waals surface area contributed by atoms with Gasteiger partial charge >= 0.3 is 5.97 Å². The van der Waals surface area contributed by atoms with Gasteiger partial charge in [0.25, 0.3) is 0 Å². The second kappa shape index (κ2) is 9.86. The van der Waals surface area contributed by atoms with Gasteiger partial charge in [-0.3, -0.25) is 4.98 Å². The van der Waals surface area contributed by atoms with Crippen LogP contribution in [0.3, 0.4) is 0 Å². The molecule has 0 spiro atoms. The molecule has 1 saturated carbocycles. The molecule has 5 heteroatoms. The van der Waals surface area contributed by atoms with E-state index in [-0.39, 0.29) is 18.6 Å². The molecule has 4 nitrogen and oxygen atoms in total. The van der Waals surface area contributed by atoms with Crippen LogP contribution in [0.15, 0.2) is 59.4 Å². The fourth-order valence-electron chi connectivity index (χ4n) is 4.84. The fourth-order valence-corrected chi connectivity index (χ4v) is 5.11. The molecule has 156 valence electrons. The molecule has 0 aliphatic heterocycles. The van der Waals surface area contributed by atoms with Gasteiger partial charge in [0, 0.05) is 18.0 Å². The van der Waals surface area contributed by atoms with Crippen LogP contribution < -0.4 is 0 Å². The molecule has 1 aromatic heterocycles. The number of fused-ring (bicyclic) bond motifs is 1. The van der Waals surface area contributed by atoms with E-state index < -0.39 is 5.97 Å². The molecule has 0 unspecified atom stereocenters. The van der Waals surface area contributed by atoms with E-state index in [1.54, 1.807) is 18.5 Å². The third-order valence-electron chi connectivity index (χ3n) is 6.44. The van der Waals surface area contributed by atoms with Gasteiger partial charge in [-0.25, -0.2) is 4.79 Å². The summed E-state index contributed by atoms with van der Waals surface area (Å²) in [6.07, 6.45) is 14.7. The number of ether oxygens (including phenoxy) is 1. The molecule has 29 heavy (non-hydrogen) atoms. The zero-order valence-corrected chi connectivity index (χ0v) is 18.8. The standard InChI is InChI=1S/C24H30BrNO3/c1-15-9-10-19-12-16(2)23(27)17(3)22(19)20(15)7-4-8-21(25)24(28)29-14-18-6-5-11-26-13-18/h4-11,13,15-17,19-20,22-23,27H,12,14H2,1-3H3/b7-4+,21-8-/t15-,16+,17-,19-,20-,22-,23-/m0/s1. The summed E-state index contributed by atoms with van der Waals surface area (Å²) < 4.78 is 5.70. The Bertz CT molecular complexity index is 789. The Labute approximate surface area is 181 Å². The second-order valence-electron chi connectivity index (χ2n) is 8.46. The molecule has 0 amide bonds. The molecule has 1 aromatic rings. The topological polar surface area (TPSA) is 59.4 Å². The Morgan fingerprint density at radius 3 is 2.86 bits per heavy atom. The molecule has 0 saturated heterocycles. The highest BCUT2D eigenvalue weighted by Crippen LogP contribution is 2.48. The number of carbonyl (C=O) groups excluding carboxylic acids is 1. The van der Waals surface area contributed by atoms with Gasteiger partial charge in [0.15, 0.2) is 0 Å². The van der Waals surface area contributed by atoms with E-state index in [1.165, 1.54) is 0 Å². The van der Waals surface area contributed by atoms with Crippen molar-refractivity contribution in [1.29, 1.82) is 0 Å². The van der Waals surface area contributed by atoms with Gasteiger partial charge in [-0.2, -0.15) is 0 Å². The lowest BCUT2D eigenvalue weighted by molar-refractivity contribution is -0.139. The smallest absolute Gasteiger partial charge is 0.345 e. The predicted octanol–water partition coefficient (Wildman–Crippen LogP) is 5.05. The first-order chi connectivity index (χ1) is 13.9. The number of allylic oxidation sites excluding steroid dienone is 5. The number of aliphatic hydroxyl groups is 1. The molecule has 2 aliphatic rings. The van der Waals surface area contributed by atoms with Crippen LogP contribution in [0, 0.1) is 35.5 Å². The lowest BCUT2D eigenvalue weighted by Crippen LogP contribution is -2.46. The van der Waals surface area contributed by atoms with E-state index in [2.05, 4.69) is 59.9 Å². The summed E-state index contributed by atoms with van der Waals surface area (Å²) in [7, 11) is 0. The van der Waals surface area contributed by atoms with Crippen molar-refractivity contribution < 1.29 is 14.6 Å². The number of carbonyl (C=O) groups is 1. The number of rotatable bonds is 5. The number of nitrogens with zero attached hydrogens (tertiary/aromatic N) is 1. The molecule has 7 atom stereocenters. The molecular formula is C24H30BrNO3. The van der Waals surface area contributed by atoms with E-state index in [0.29, 0.717) is 34.1 Å².